The van der Waals surface area contributed by atoms with Crippen molar-refractivity contribution in [2.45, 2.75) is 23.4 Å². The molecule has 1 aliphatic heterocycles. The van der Waals surface area contributed by atoms with Crippen LogP contribution in [0.15, 0.2) is 65.8 Å². The van der Waals surface area contributed by atoms with Crippen LogP contribution in [0.25, 0.3) is 0 Å². The number of benzene rings is 2. The number of para-hydroxylation sites is 1. The quantitative estimate of drug-likeness (QED) is 0.643. The highest BCUT2D eigenvalue weighted by Crippen LogP contribution is 2.29. The fraction of sp³-hybridized carbons (Fsp3) is 0.158. The fourth-order valence-electron chi connectivity index (χ4n) is 2.78. The number of hydrogen-bond acceptors (Lipinski definition) is 5. The Morgan fingerprint density at radius 1 is 1.11 bits per heavy atom. The average Bonchev–Trinajstić information content (AvgIpc) is 3.20. The summed E-state index contributed by atoms with van der Waals surface area (Å²) >= 11 is 1.49. The predicted octanol–water partition coefficient (Wildman–Crippen LogP) is 3.09. The maximum absolute atomic E-state index is 12.3. The molecule has 0 saturated heterocycles. The Hall–Kier alpha value is -3.13. The molecule has 1 atom stereocenters. The van der Waals surface area contributed by atoms with Gasteiger partial charge in [-0.2, -0.15) is 4.98 Å². The maximum atomic E-state index is 12.3. The lowest BCUT2D eigenvalue weighted by atomic mass is 10.2. The molecule has 1 aliphatic rings. The lowest BCUT2D eigenvalue weighted by Crippen LogP contribution is -2.23. The Balaban J connectivity index is 1.41. The number of anilines is 2. The topological polar surface area (TPSA) is 88.9 Å². The number of carbonyl (C=O) groups excluding carboxylic acids is 2. The highest BCUT2D eigenvalue weighted by Gasteiger charge is 2.35. The molecule has 2 amide bonds. The van der Waals surface area contributed by atoms with E-state index >= 15 is 0 Å². The van der Waals surface area contributed by atoms with Gasteiger partial charge in [0, 0.05) is 11.4 Å². The van der Waals surface area contributed by atoms with Crippen LogP contribution in [0, 0.1) is 0 Å². The first-order valence-corrected chi connectivity index (χ1v) is 9.46. The molecule has 0 radical (unpaired) electrons. The molecule has 3 aromatic rings. The molecule has 4 rings (SSSR count). The molecular weight excluding hydrogens is 362 g/mol. The zero-order valence-electron chi connectivity index (χ0n) is 14.3. The first-order valence-electron chi connectivity index (χ1n) is 8.48. The van der Waals surface area contributed by atoms with Gasteiger partial charge in [0.25, 0.3) is 5.91 Å². The smallest absolute Gasteiger partial charge is 0.252 e. The second-order valence-corrected chi connectivity index (χ2v) is 7.00. The monoisotopic (exact) mass is 379 g/mol. The van der Waals surface area contributed by atoms with Crippen molar-refractivity contribution in [3.8, 4) is 0 Å². The lowest BCUT2D eigenvalue weighted by molar-refractivity contribution is -0.123. The van der Waals surface area contributed by atoms with Gasteiger partial charge in [0.2, 0.25) is 17.0 Å². The number of hydrogen-bond donors (Lipinski definition) is 2. The van der Waals surface area contributed by atoms with Crippen LogP contribution in [0.1, 0.15) is 18.0 Å². The van der Waals surface area contributed by atoms with E-state index in [2.05, 4.69) is 20.7 Å². The molecular formula is C19H17N5O2S. The Kier molecular flexibility index (Phi) is 4.88. The first kappa shape index (κ1) is 17.3. The normalized spacial score (nSPS) is 15.3. The SMILES string of the molecule is O=C(C[C@@H]1C(=O)Nc2nc(SCc3ccccc3)nn21)Nc1ccccc1. The summed E-state index contributed by atoms with van der Waals surface area (Å²) in [6, 6.07) is 18.5. The number of nitrogens with zero attached hydrogens (tertiary/aromatic N) is 3. The van der Waals surface area contributed by atoms with Crippen LogP contribution in [0.3, 0.4) is 0 Å². The molecule has 0 unspecified atom stereocenters. The van der Waals surface area contributed by atoms with Gasteiger partial charge in [0.15, 0.2) is 0 Å². The summed E-state index contributed by atoms with van der Waals surface area (Å²) in [7, 11) is 0. The van der Waals surface area contributed by atoms with Crippen LogP contribution in [0.2, 0.25) is 0 Å². The van der Waals surface area contributed by atoms with Crippen molar-refractivity contribution in [1.29, 1.82) is 0 Å². The first-order chi connectivity index (χ1) is 13.2. The highest BCUT2D eigenvalue weighted by atomic mass is 32.2. The molecule has 0 spiro atoms. The van der Waals surface area contributed by atoms with Gasteiger partial charge in [-0.15, -0.1) is 5.10 Å². The van der Waals surface area contributed by atoms with E-state index in [1.165, 1.54) is 22.0 Å². The molecule has 0 bridgehead atoms. The third-order valence-electron chi connectivity index (χ3n) is 4.09. The zero-order chi connectivity index (χ0) is 18.6. The van der Waals surface area contributed by atoms with E-state index in [1.54, 1.807) is 12.1 Å². The second-order valence-electron chi connectivity index (χ2n) is 6.06. The molecule has 0 saturated carbocycles. The summed E-state index contributed by atoms with van der Waals surface area (Å²) in [5, 5.41) is 10.5. The Labute approximate surface area is 160 Å². The number of amides is 2. The van der Waals surface area contributed by atoms with Crippen LogP contribution >= 0.6 is 11.8 Å². The number of aromatic nitrogens is 3. The molecule has 136 valence electrons. The van der Waals surface area contributed by atoms with Crippen LogP contribution < -0.4 is 10.6 Å². The van der Waals surface area contributed by atoms with Crippen molar-refractivity contribution in [2.75, 3.05) is 10.6 Å². The Morgan fingerprint density at radius 3 is 2.56 bits per heavy atom. The number of rotatable bonds is 6. The van der Waals surface area contributed by atoms with Crippen LogP contribution in [0.5, 0.6) is 0 Å². The minimum absolute atomic E-state index is 0.000119. The minimum atomic E-state index is -0.692. The second kappa shape index (κ2) is 7.63. The van der Waals surface area contributed by atoms with E-state index in [1.807, 2.05) is 48.5 Å². The van der Waals surface area contributed by atoms with Gasteiger partial charge in [-0.3, -0.25) is 14.9 Å². The van der Waals surface area contributed by atoms with Gasteiger partial charge >= 0.3 is 0 Å². The van der Waals surface area contributed by atoms with Crippen molar-refractivity contribution in [1.82, 2.24) is 14.8 Å². The van der Waals surface area contributed by atoms with Gasteiger partial charge in [-0.1, -0.05) is 60.3 Å². The van der Waals surface area contributed by atoms with E-state index in [-0.39, 0.29) is 18.2 Å². The van der Waals surface area contributed by atoms with Crippen LogP contribution in [-0.2, 0) is 15.3 Å². The summed E-state index contributed by atoms with van der Waals surface area (Å²) in [5.74, 6) is 0.598. The van der Waals surface area contributed by atoms with E-state index in [0.29, 0.717) is 16.8 Å². The number of thioether (sulfide) groups is 1. The van der Waals surface area contributed by atoms with Crippen molar-refractivity contribution in [3.63, 3.8) is 0 Å². The molecule has 8 heteroatoms. The predicted molar refractivity (Wildman–Crippen MR) is 103 cm³/mol. The van der Waals surface area contributed by atoms with Gasteiger partial charge in [0.05, 0.1) is 6.42 Å². The van der Waals surface area contributed by atoms with Crippen molar-refractivity contribution < 1.29 is 9.59 Å². The minimum Gasteiger partial charge on any atom is -0.326 e. The van der Waals surface area contributed by atoms with Gasteiger partial charge in [-0.05, 0) is 17.7 Å². The van der Waals surface area contributed by atoms with Gasteiger partial charge in [-0.25, -0.2) is 4.68 Å². The molecule has 0 aliphatic carbocycles. The largest absolute Gasteiger partial charge is 0.326 e. The standard InChI is InChI=1S/C19H17N5O2S/c25-16(20-14-9-5-2-6-10-14)11-15-17(26)21-18-22-19(23-24(15)18)27-12-13-7-3-1-4-8-13/h1-10,15H,11-12H2,(H,20,25)(H,21,22,23,26)/t15-/m1/s1. The average molecular weight is 379 g/mol. The summed E-state index contributed by atoms with van der Waals surface area (Å²) in [4.78, 5) is 28.8. The molecule has 2 N–H and O–H groups in total. The van der Waals surface area contributed by atoms with Crippen molar-refractivity contribution in [2.24, 2.45) is 0 Å². The van der Waals surface area contributed by atoms with E-state index in [0.717, 1.165) is 5.75 Å². The van der Waals surface area contributed by atoms with Crippen LogP contribution in [0.4, 0.5) is 11.6 Å². The third-order valence-corrected chi connectivity index (χ3v) is 5.00. The molecule has 0 fully saturated rings. The fourth-order valence-corrected chi connectivity index (χ4v) is 3.57. The van der Waals surface area contributed by atoms with Crippen molar-refractivity contribution in [3.05, 3.63) is 66.2 Å². The van der Waals surface area contributed by atoms with Crippen molar-refractivity contribution >= 4 is 35.2 Å². The summed E-state index contributed by atoms with van der Waals surface area (Å²) < 4.78 is 1.50. The van der Waals surface area contributed by atoms with E-state index in [4.69, 9.17) is 0 Å². The number of carbonyl (C=O) groups is 2. The molecule has 2 aromatic carbocycles. The summed E-state index contributed by atoms with van der Waals surface area (Å²) in [6.07, 6.45) is -0.000119. The van der Waals surface area contributed by atoms with Crippen LogP contribution in [-0.4, -0.2) is 26.6 Å². The van der Waals surface area contributed by atoms with E-state index < -0.39 is 6.04 Å². The lowest BCUT2D eigenvalue weighted by Gasteiger charge is -2.09. The number of fused-ring (bicyclic) bond motifs is 1. The third kappa shape index (κ3) is 4.01. The highest BCUT2D eigenvalue weighted by molar-refractivity contribution is 7.98. The number of nitrogens with one attached hydrogen (secondary N) is 2. The summed E-state index contributed by atoms with van der Waals surface area (Å²) in [6.45, 7) is 0. The Bertz CT molecular complexity index is 959. The summed E-state index contributed by atoms with van der Waals surface area (Å²) in [5.41, 5.74) is 1.86. The molecule has 1 aromatic heterocycles. The molecule has 7 nitrogen and oxygen atoms in total. The van der Waals surface area contributed by atoms with E-state index in [9.17, 15) is 9.59 Å². The molecule has 27 heavy (non-hydrogen) atoms. The van der Waals surface area contributed by atoms with Gasteiger partial charge in [0.1, 0.15) is 6.04 Å². The Morgan fingerprint density at radius 2 is 1.81 bits per heavy atom. The molecule has 2 heterocycles. The maximum Gasteiger partial charge on any atom is 0.252 e. The van der Waals surface area contributed by atoms with Gasteiger partial charge < -0.3 is 5.32 Å². The zero-order valence-corrected chi connectivity index (χ0v) is 15.1.